The zero-order valence-electron chi connectivity index (χ0n) is 24.8. The lowest BCUT2D eigenvalue weighted by Gasteiger charge is -2.26. The molecule has 1 unspecified atom stereocenters. The molecular weight excluding hydrogens is 596 g/mol. The number of fused-ring (bicyclic) bond motifs is 1. The first-order valence-corrected chi connectivity index (χ1v) is 13.8. The summed E-state index contributed by atoms with van der Waals surface area (Å²) in [4.78, 5) is 43.5. The van der Waals surface area contributed by atoms with Crippen LogP contribution in [0, 0.1) is 12.7 Å². The van der Waals surface area contributed by atoms with Crippen molar-refractivity contribution >= 4 is 34.3 Å². The highest BCUT2D eigenvalue weighted by molar-refractivity contribution is 6.05. The van der Waals surface area contributed by atoms with Crippen LogP contribution in [0.4, 0.5) is 28.0 Å². The van der Waals surface area contributed by atoms with E-state index in [1.54, 1.807) is 26.1 Å². The number of amides is 2. The number of aliphatic hydroxyl groups is 1. The first-order valence-electron chi connectivity index (χ1n) is 13.8. The van der Waals surface area contributed by atoms with Crippen molar-refractivity contribution in [2.24, 2.45) is 0 Å². The first-order chi connectivity index (χ1) is 21.2. The Morgan fingerprint density at radius 1 is 1.11 bits per heavy atom. The van der Waals surface area contributed by atoms with Crippen molar-refractivity contribution in [3.05, 3.63) is 83.1 Å². The van der Waals surface area contributed by atoms with Gasteiger partial charge in [-0.3, -0.25) is 4.79 Å². The van der Waals surface area contributed by atoms with Crippen molar-refractivity contribution in [2.45, 2.75) is 32.0 Å². The molecule has 0 aliphatic carbocycles. The van der Waals surface area contributed by atoms with Gasteiger partial charge in [0.25, 0.3) is 5.91 Å². The topological polar surface area (TPSA) is 124 Å². The summed E-state index contributed by atoms with van der Waals surface area (Å²) in [6.45, 7) is 3.18. The molecule has 3 heterocycles. The van der Waals surface area contributed by atoms with E-state index < -0.39 is 35.2 Å². The number of benzene rings is 2. The molecule has 14 heteroatoms. The fraction of sp³-hybridized carbons (Fsp3) is 0.290. The number of nitrogens with zero attached hydrogens (tertiary/aromatic N) is 4. The maximum Gasteiger partial charge on any atom is 0.428 e. The average Bonchev–Trinajstić information content (AvgIpc) is 3.43. The van der Waals surface area contributed by atoms with Gasteiger partial charge < -0.3 is 25.1 Å². The molecule has 0 fully saturated rings. The molecule has 4 aromatic rings. The van der Waals surface area contributed by atoms with Crippen LogP contribution >= 0.6 is 0 Å². The molecule has 236 valence electrons. The van der Waals surface area contributed by atoms with Crippen LogP contribution in [0.15, 0.2) is 54.9 Å². The Labute approximate surface area is 255 Å². The standard InChI is InChI=1S/C31H30F4N6O4/c1-17-22(13-21(32)14-24(17)39-28(42)19-5-7-20(8-6-19)30(2,44)31(33,34)35)26-23-15-25(38-27(23)37-16-36-26)18-9-11-41(12-10-18)45-29(43)40(3)4/h5-9,13-16,44H,10-12H2,1-4H3,(H,39,42)(H,36,37,38). The van der Waals surface area contributed by atoms with Crippen LogP contribution < -0.4 is 5.32 Å². The van der Waals surface area contributed by atoms with Gasteiger partial charge in [0, 0.05) is 48.5 Å². The molecule has 2 amide bonds. The van der Waals surface area contributed by atoms with E-state index in [0.717, 1.165) is 41.6 Å². The number of hydrogen-bond donors (Lipinski definition) is 3. The summed E-state index contributed by atoms with van der Waals surface area (Å²) in [6.07, 6.45) is -1.51. The second kappa shape index (κ2) is 11.9. The van der Waals surface area contributed by atoms with Gasteiger partial charge in [-0.1, -0.05) is 18.2 Å². The Kier molecular flexibility index (Phi) is 8.38. The summed E-state index contributed by atoms with van der Waals surface area (Å²) in [6, 6.07) is 8.64. The fourth-order valence-corrected chi connectivity index (χ4v) is 4.86. The van der Waals surface area contributed by atoms with Crippen LogP contribution in [-0.4, -0.2) is 75.4 Å². The third-order valence-electron chi connectivity index (χ3n) is 7.65. The molecule has 3 N–H and O–H groups in total. The lowest BCUT2D eigenvalue weighted by atomic mass is 9.94. The SMILES string of the molecule is Cc1c(NC(=O)c2ccc(C(C)(O)C(F)(F)F)cc2)cc(F)cc1-c1ncnc2[nH]c(C3=CCN(OC(=O)N(C)C)CC3)cc12. The van der Waals surface area contributed by atoms with Crippen LogP contribution in [0.2, 0.25) is 0 Å². The number of hydrogen-bond acceptors (Lipinski definition) is 7. The van der Waals surface area contributed by atoms with E-state index in [-0.39, 0.29) is 11.3 Å². The second-order valence-corrected chi connectivity index (χ2v) is 11.0. The van der Waals surface area contributed by atoms with E-state index >= 15 is 0 Å². The molecule has 2 aromatic heterocycles. The smallest absolute Gasteiger partial charge is 0.376 e. The fourth-order valence-electron chi connectivity index (χ4n) is 4.86. The number of halogens is 4. The number of H-pyrrole nitrogens is 1. The number of carbonyl (C=O) groups excluding carboxylic acids is 2. The molecule has 1 atom stereocenters. The van der Waals surface area contributed by atoms with Crippen molar-refractivity contribution in [3.8, 4) is 11.3 Å². The van der Waals surface area contributed by atoms with E-state index in [4.69, 9.17) is 4.84 Å². The summed E-state index contributed by atoms with van der Waals surface area (Å²) in [5.41, 5.74) is 0.230. The zero-order chi connectivity index (χ0) is 32.7. The number of nitrogens with one attached hydrogen (secondary N) is 2. The quantitative estimate of drug-likeness (QED) is 0.231. The van der Waals surface area contributed by atoms with E-state index in [2.05, 4.69) is 20.3 Å². The third-order valence-corrected chi connectivity index (χ3v) is 7.65. The van der Waals surface area contributed by atoms with Crippen LogP contribution in [0.5, 0.6) is 0 Å². The van der Waals surface area contributed by atoms with E-state index in [1.807, 2.05) is 12.1 Å². The highest BCUT2D eigenvalue weighted by Gasteiger charge is 2.51. The Balaban J connectivity index is 1.40. The van der Waals surface area contributed by atoms with Gasteiger partial charge in [0.1, 0.15) is 17.8 Å². The molecule has 0 radical (unpaired) electrons. The molecule has 0 bridgehead atoms. The summed E-state index contributed by atoms with van der Waals surface area (Å²) in [5.74, 6) is -1.33. The maximum atomic E-state index is 14.9. The molecule has 0 saturated heterocycles. The number of aromatic nitrogens is 3. The van der Waals surface area contributed by atoms with E-state index in [0.29, 0.717) is 54.3 Å². The monoisotopic (exact) mass is 626 g/mol. The largest absolute Gasteiger partial charge is 0.428 e. The normalized spacial score (nSPS) is 15.4. The minimum Gasteiger partial charge on any atom is -0.376 e. The van der Waals surface area contributed by atoms with Gasteiger partial charge in [-0.2, -0.15) is 13.2 Å². The number of aromatic amines is 1. The maximum absolute atomic E-state index is 14.9. The minimum absolute atomic E-state index is 0.0115. The van der Waals surface area contributed by atoms with Crippen LogP contribution in [0.1, 0.15) is 40.5 Å². The van der Waals surface area contributed by atoms with E-state index in [1.165, 1.54) is 17.3 Å². The highest BCUT2D eigenvalue weighted by Crippen LogP contribution is 2.39. The van der Waals surface area contributed by atoms with Gasteiger partial charge in [-0.15, -0.1) is 5.06 Å². The van der Waals surface area contributed by atoms with Crippen molar-refractivity contribution in [2.75, 3.05) is 32.5 Å². The van der Waals surface area contributed by atoms with Crippen LogP contribution in [-0.2, 0) is 10.4 Å². The number of rotatable bonds is 6. The predicted molar refractivity (Wildman–Crippen MR) is 158 cm³/mol. The Morgan fingerprint density at radius 3 is 2.44 bits per heavy atom. The molecular formula is C31H30F4N6O4. The zero-order valence-corrected chi connectivity index (χ0v) is 24.8. The Morgan fingerprint density at radius 2 is 1.82 bits per heavy atom. The third kappa shape index (κ3) is 6.37. The minimum atomic E-state index is -4.91. The molecule has 1 aliphatic heterocycles. The molecule has 10 nitrogen and oxygen atoms in total. The van der Waals surface area contributed by atoms with Crippen molar-refractivity contribution < 1.29 is 37.1 Å². The summed E-state index contributed by atoms with van der Waals surface area (Å²) in [5, 5.41) is 14.7. The average molecular weight is 627 g/mol. The van der Waals surface area contributed by atoms with Crippen molar-refractivity contribution in [3.63, 3.8) is 0 Å². The summed E-state index contributed by atoms with van der Waals surface area (Å²) >= 11 is 0. The molecule has 5 rings (SSSR count). The predicted octanol–water partition coefficient (Wildman–Crippen LogP) is 5.80. The van der Waals surface area contributed by atoms with Gasteiger partial charge in [0.2, 0.25) is 0 Å². The number of anilines is 1. The van der Waals surface area contributed by atoms with Gasteiger partial charge in [0.15, 0.2) is 5.60 Å². The lowest BCUT2D eigenvalue weighted by molar-refractivity contribution is -0.258. The molecule has 2 aromatic carbocycles. The number of alkyl halides is 3. The van der Waals surface area contributed by atoms with Gasteiger partial charge in [-0.05, 0) is 67.3 Å². The molecule has 1 aliphatic rings. The van der Waals surface area contributed by atoms with Gasteiger partial charge in [-0.25, -0.2) is 19.2 Å². The molecule has 0 spiro atoms. The van der Waals surface area contributed by atoms with Crippen molar-refractivity contribution in [1.82, 2.24) is 24.9 Å². The van der Waals surface area contributed by atoms with Crippen molar-refractivity contribution in [1.29, 1.82) is 0 Å². The molecule has 0 saturated carbocycles. The molecule has 45 heavy (non-hydrogen) atoms. The Bertz CT molecular complexity index is 1800. The van der Waals surface area contributed by atoms with Gasteiger partial charge in [0.05, 0.1) is 12.2 Å². The summed E-state index contributed by atoms with van der Waals surface area (Å²) in [7, 11) is 3.20. The summed E-state index contributed by atoms with van der Waals surface area (Å²) < 4.78 is 54.5. The van der Waals surface area contributed by atoms with Crippen LogP contribution in [0.3, 0.4) is 0 Å². The van der Waals surface area contributed by atoms with E-state index in [9.17, 15) is 32.3 Å². The Hall–Kier alpha value is -4.82. The number of hydroxylamine groups is 2. The number of carbonyl (C=O) groups is 2. The lowest BCUT2D eigenvalue weighted by Crippen LogP contribution is -2.39. The van der Waals surface area contributed by atoms with Gasteiger partial charge >= 0.3 is 12.3 Å². The second-order valence-electron chi connectivity index (χ2n) is 11.0. The highest BCUT2D eigenvalue weighted by atomic mass is 19.4. The first kappa shape index (κ1) is 31.6. The van der Waals surface area contributed by atoms with Crippen LogP contribution in [0.25, 0.3) is 27.9 Å².